The van der Waals surface area contributed by atoms with Crippen molar-refractivity contribution in [3.8, 4) is 11.3 Å². The second-order valence-corrected chi connectivity index (χ2v) is 9.39. The molecular weight excluding hydrogens is 421 g/mol. The summed E-state index contributed by atoms with van der Waals surface area (Å²) in [7, 11) is 0. The maximum atomic E-state index is 13.1. The van der Waals surface area contributed by atoms with Gasteiger partial charge in [0, 0.05) is 27.9 Å². The molecule has 2 N–H and O–H groups in total. The predicted octanol–water partition coefficient (Wildman–Crippen LogP) is 7.24. The Morgan fingerprint density at radius 1 is 0.938 bits per heavy atom. The third kappa shape index (κ3) is 5.21. The van der Waals surface area contributed by atoms with Crippen LogP contribution in [0.2, 0.25) is 0 Å². The molecule has 0 spiro atoms. The van der Waals surface area contributed by atoms with Crippen LogP contribution in [0.1, 0.15) is 36.7 Å². The van der Waals surface area contributed by atoms with Gasteiger partial charge in [0.15, 0.2) is 5.13 Å². The summed E-state index contributed by atoms with van der Waals surface area (Å²) in [5.74, 6) is -0.432. The average molecular weight is 446 g/mol. The Bertz CT molecular complexity index is 1230. The summed E-state index contributed by atoms with van der Waals surface area (Å²) in [6, 6.07) is 21.4. The normalized spacial score (nSPS) is 11.2. The van der Waals surface area contributed by atoms with E-state index in [1.54, 1.807) is 12.1 Å². The summed E-state index contributed by atoms with van der Waals surface area (Å²) >= 11 is 1.46. The lowest BCUT2D eigenvalue weighted by Crippen LogP contribution is -2.14. The summed E-state index contributed by atoms with van der Waals surface area (Å²) < 4.78 is 13.1. The van der Waals surface area contributed by atoms with E-state index in [1.165, 1.54) is 29.0 Å². The van der Waals surface area contributed by atoms with Crippen LogP contribution in [0.4, 0.5) is 20.9 Å². The Kier molecular flexibility index (Phi) is 6.06. The molecule has 0 saturated heterocycles. The quantitative estimate of drug-likeness (QED) is 0.340. The van der Waals surface area contributed by atoms with Crippen molar-refractivity contribution >= 4 is 33.8 Å². The minimum Gasteiger partial charge on any atom is -0.332 e. The predicted molar refractivity (Wildman–Crippen MR) is 130 cm³/mol. The van der Waals surface area contributed by atoms with Gasteiger partial charge in [0.1, 0.15) is 5.82 Å². The standard InChI is InChI=1S/C26H24FN3OS/c1-26(2,3)19-9-7-17(8-10-19)24(31)28-22-6-4-5-18(15-22)23-16-32-25(30-23)29-21-13-11-20(27)12-14-21/h4-16H,1-3H3,(H,28,31)(H,29,30). The third-order valence-corrected chi connectivity index (χ3v) is 5.79. The molecule has 4 aromatic rings. The Labute approximate surface area is 191 Å². The van der Waals surface area contributed by atoms with Crippen LogP contribution in [0.5, 0.6) is 0 Å². The molecule has 6 heteroatoms. The molecule has 1 amide bonds. The molecule has 0 saturated carbocycles. The molecule has 0 aliphatic carbocycles. The zero-order valence-electron chi connectivity index (χ0n) is 18.1. The van der Waals surface area contributed by atoms with Gasteiger partial charge < -0.3 is 10.6 Å². The minimum absolute atomic E-state index is 0.0429. The van der Waals surface area contributed by atoms with Crippen LogP contribution in [0.15, 0.2) is 78.2 Å². The average Bonchev–Trinajstić information content (AvgIpc) is 3.24. The summed E-state index contributed by atoms with van der Waals surface area (Å²) in [4.78, 5) is 17.3. The molecule has 1 heterocycles. The van der Waals surface area contributed by atoms with E-state index >= 15 is 0 Å². The highest BCUT2D eigenvalue weighted by atomic mass is 32.1. The van der Waals surface area contributed by atoms with Gasteiger partial charge in [0.2, 0.25) is 0 Å². The minimum atomic E-state index is -0.278. The number of thiazole rings is 1. The first-order valence-corrected chi connectivity index (χ1v) is 11.2. The van der Waals surface area contributed by atoms with E-state index in [2.05, 4.69) is 36.4 Å². The Hall–Kier alpha value is -3.51. The zero-order chi connectivity index (χ0) is 22.7. The van der Waals surface area contributed by atoms with Crippen molar-refractivity contribution in [1.82, 2.24) is 4.98 Å². The lowest BCUT2D eigenvalue weighted by atomic mass is 9.87. The van der Waals surface area contributed by atoms with E-state index in [0.717, 1.165) is 16.9 Å². The van der Waals surface area contributed by atoms with Crippen molar-refractivity contribution in [1.29, 1.82) is 0 Å². The molecule has 4 nitrogen and oxygen atoms in total. The second kappa shape index (κ2) is 8.93. The van der Waals surface area contributed by atoms with Crippen LogP contribution in [0, 0.1) is 5.82 Å². The number of carbonyl (C=O) groups is 1. The fraction of sp³-hybridized carbons (Fsp3) is 0.154. The maximum Gasteiger partial charge on any atom is 0.255 e. The fourth-order valence-corrected chi connectivity index (χ4v) is 3.94. The van der Waals surface area contributed by atoms with Crippen LogP contribution >= 0.6 is 11.3 Å². The molecule has 4 rings (SSSR count). The molecule has 3 aromatic carbocycles. The lowest BCUT2D eigenvalue weighted by Gasteiger charge is -2.19. The largest absolute Gasteiger partial charge is 0.332 e. The lowest BCUT2D eigenvalue weighted by molar-refractivity contribution is 0.102. The van der Waals surface area contributed by atoms with Crippen LogP contribution in [-0.4, -0.2) is 10.9 Å². The van der Waals surface area contributed by atoms with E-state index in [9.17, 15) is 9.18 Å². The number of rotatable bonds is 5. The van der Waals surface area contributed by atoms with Gasteiger partial charge in [0.05, 0.1) is 5.69 Å². The highest BCUT2D eigenvalue weighted by Gasteiger charge is 2.14. The van der Waals surface area contributed by atoms with E-state index in [-0.39, 0.29) is 17.1 Å². The van der Waals surface area contributed by atoms with Crippen molar-refractivity contribution < 1.29 is 9.18 Å². The maximum absolute atomic E-state index is 13.1. The number of amides is 1. The summed E-state index contributed by atoms with van der Waals surface area (Å²) in [5.41, 5.74) is 5.01. The van der Waals surface area contributed by atoms with Crippen LogP contribution < -0.4 is 10.6 Å². The molecule has 0 radical (unpaired) electrons. The number of hydrogen-bond acceptors (Lipinski definition) is 4. The number of anilines is 3. The summed E-state index contributed by atoms with van der Waals surface area (Å²) in [6.07, 6.45) is 0. The van der Waals surface area contributed by atoms with Crippen molar-refractivity contribution in [3.05, 3.63) is 95.1 Å². The molecule has 0 aliphatic heterocycles. The summed E-state index contributed by atoms with van der Waals surface area (Å²) in [5, 5.41) is 8.79. The number of benzene rings is 3. The molecule has 162 valence electrons. The van der Waals surface area contributed by atoms with Gasteiger partial charge in [-0.3, -0.25) is 4.79 Å². The molecule has 0 bridgehead atoms. The van der Waals surface area contributed by atoms with Gasteiger partial charge in [-0.1, -0.05) is 45.0 Å². The first-order valence-electron chi connectivity index (χ1n) is 10.3. The first-order chi connectivity index (χ1) is 15.3. The van der Waals surface area contributed by atoms with Crippen molar-refractivity contribution in [2.75, 3.05) is 10.6 Å². The number of halogens is 1. The smallest absolute Gasteiger partial charge is 0.255 e. The topological polar surface area (TPSA) is 54.0 Å². The Morgan fingerprint density at radius 3 is 2.34 bits per heavy atom. The van der Waals surface area contributed by atoms with Gasteiger partial charge >= 0.3 is 0 Å². The van der Waals surface area contributed by atoms with E-state index < -0.39 is 0 Å². The Morgan fingerprint density at radius 2 is 1.66 bits per heavy atom. The zero-order valence-corrected chi connectivity index (χ0v) is 19.0. The summed E-state index contributed by atoms with van der Waals surface area (Å²) in [6.45, 7) is 6.44. The van der Waals surface area contributed by atoms with Crippen molar-refractivity contribution in [3.63, 3.8) is 0 Å². The number of hydrogen-bond donors (Lipinski definition) is 2. The molecule has 32 heavy (non-hydrogen) atoms. The van der Waals surface area contributed by atoms with Gasteiger partial charge in [0.25, 0.3) is 5.91 Å². The van der Waals surface area contributed by atoms with Crippen LogP contribution in [0.3, 0.4) is 0 Å². The van der Waals surface area contributed by atoms with Gasteiger partial charge in [-0.15, -0.1) is 11.3 Å². The number of aromatic nitrogens is 1. The van der Waals surface area contributed by atoms with Gasteiger partial charge in [-0.25, -0.2) is 9.37 Å². The molecule has 0 aliphatic rings. The molecule has 0 fully saturated rings. The number of nitrogens with one attached hydrogen (secondary N) is 2. The van der Waals surface area contributed by atoms with Gasteiger partial charge in [-0.2, -0.15) is 0 Å². The second-order valence-electron chi connectivity index (χ2n) is 8.53. The van der Waals surface area contributed by atoms with Crippen LogP contribution in [-0.2, 0) is 5.41 Å². The van der Waals surface area contributed by atoms with E-state index in [0.29, 0.717) is 16.4 Å². The monoisotopic (exact) mass is 445 g/mol. The van der Waals surface area contributed by atoms with Crippen molar-refractivity contribution in [2.24, 2.45) is 0 Å². The third-order valence-electron chi connectivity index (χ3n) is 5.03. The fourth-order valence-electron chi connectivity index (χ4n) is 3.20. The molecule has 1 aromatic heterocycles. The Balaban J connectivity index is 1.46. The highest BCUT2D eigenvalue weighted by Crippen LogP contribution is 2.29. The highest BCUT2D eigenvalue weighted by molar-refractivity contribution is 7.14. The first kappa shape index (κ1) is 21.7. The molecular formula is C26H24FN3OS. The SMILES string of the molecule is CC(C)(C)c1ccc(C(=O)Nc2cccc(-c3csc(Nc4ccc(F)cc4)n3)c2)cc1. The van der Waals surface area contributed by atoms with Crippen LogP contribution in [0.25, 0.3) is 11.3 Å². The number of carbonyl (C=O) groups excluding carboxylic acids is 1. The van der Waals surface area contributed by atoms with Gasteiger partial charge in [-0.05, 0) is 59.5 Å². The van der Waals surface area contributed by atoms with E-state index in [1.807, 2.05) is 53.9 Å². The molecule has 0 atom stereocenters. The number of nitrogens with zero attached hydrogens (tertiary/aromatic N) is 1. The van der Waals surface area contributed by atoms with E-state index in [4.69, 9.17) is 0 Å². The molecule has 0 unspecified atom stereocenters. The van der Waals surface area contributed by atoms with Crippen molar-refractivity contribution in [2.45, 2.75) is 26.2 Å².